The van der Waals surface area contributed by atoms with E-state index in [2.05, 4.69) is 5.32 Å². The Kier molecular flexibility index (Phi) is 1.65. The molecule has 0 unspecified atom stereocenters. The van der Waals surface area contributed by atoms with Crippen molar-refractivity contribution in [1.82, 2.24) is 5.32 Å². The van der Waals surface area contributed by atoms with Crippen molar-refractivity contribution in [3.63, 3.8) is 0 Å². The second kappa shape index (κ2) is 2.28. The first-order chi connectivity index (χ1) is 3.39. The molecule has 1 fully saturated rings. The van der Waals surface area contributed by atoms with E-state index < -0.39 is 0 Å². The molecular formula is C5H12N2. The molecule has 1 aliphatic heterocycles. The highest BCUT2D eigenvalue weighted by Crippen LogP contribution is 2.00. The quantitative estimate of drug-likeness (QED) is 0.451. The molecule has 1 rings (SSSR count). The Morgan fingerprint density at radius 2 is 2.29 bits per heavy atom. The van der Waals surface area contributed by atoms with Crippen LogP contribution >= 0.6 is 0 Å². The van der Waals surface area contributed by atoms with E-state index in [1.807, 2.05) is 0 Å². The summed E-state index contributed by atoms with van der Waals surface area (Å²) in [6.07, 6.45) is 4.04. The molecule has 0 saturated carbocycles. The van der Waals surface area contributed by atoms with Crippen molar-refractivity contribution in [2.45, 2.75) is 25.4 Å². The number of nitrogens with one attached hydrogen (secondary N) is 1. The van der Waals surface area contributed by atoms with Gasteiger partial charge in [0.1, 0.15) is 0 Å². The van der Waals surface area contributed by atoms with E-state index >= 15 is 0 Å². The third kappa shape index (κ3) is 1.45. The highest BCUT2D eigenvalue weighted by Gasteiger charge is 2.04. The van der Waals surface area contributed by atoms with Crippen LogP contribution in [0.15, 0.2) is 0 Å². The minimum atomic E-state index is 0.286. The summed E-state index contributed by atoms with van der Waals surface area (Å²) in [6.45, 7) is 1.11. The molecular weight excluding hydrogens is 88.1 g/mol. The van der Waals surface area contributed by atoms with Crippen molar-refractivity contribution >= 4 is 0 Å². The lowest BCUT2D eigenvalue weighted by Gasteiger charge is -2.18. The lowest BCUT2D eigenvalue weighted by molar-refractivity contribution is 0.411. The zero-order chi connectivity index (χ0) is 5.11. The molecule has 1 saturated heterocycles. The average molecular weight is 100 g/mol. The van der Waals surface area contributed by atoms with Crippen molar-refractivity contribution in [2.75, 3.05) is 6.54 Å². The summed E-state index contributed by atoms with van der Waals surface area (Å²) >= 11 is 0. The van der Waals surface area contributed by atoms with Crippen LogP contribution in [0, 0.1) is 0 Å². The second-order valence-electron chi connectivity index (χ2n) is 2.06. The summed E-state index contributed by atoms with van der Waals surface area (Å²) in [5.41, 5.74) is 5.52. The standard InChI is InChI=1S/C5H12N2/c6-5-3-1-2-4-7-5/h5,7H,1-4,6H2/t5-/m1/s1. The van der Waals surface area contributed by atoms with Gasteiger partial charge in [0, 0.05) is 0 Å². The van der Waals surface area contributed by atoms with Crippen LogP contribution in [-0.4, -0.2) is 12.7 Å². The second-order valence-corrected chi connectivity index (χ2v) is 2.06. The van der Waals surface area contributed by atoms with Gasteiger partial charge in [0.15, 0.2) is 0 Å². The van der Waals surface area contributed by atoms with E-state index in [9.17, 15) is 0 Å². The molecule has 0 radical (unpaired) electrons. The first kappa shape index (κ1) is 5.06. The summed E-state index contributed by atoms with van der Waals surface area (Å²) in [6, 6.07) is 0. The number of rotatable bonds is 0. The zero-order valence-electron chi connectivity index (χ0n) is 4.48. The van der Waals surface area contributed by atoms with Crippen molar-refractivity contribution in [3.05, 3.63) is 0 Å². The van der Waals surface area contributed by atoms with E-state index in [4.69, 9.17) is 5.73 Å². The maximum absolute atomic E-state index is 5.52. The van der Waals surface area contributed by atoms with E-state index in [0.717, 1.165) is 13.0 Å². The Labute approximate surface area is 44.1 Å². The van der Waals surface area contributed by atoms with Gasteiger partial charge in [0.25, 0.3) is 0 Å². The molecule has 2 nitrogen and oxygen atoms in total. The molecule has 1 atom stereocenters. The summed E-state index contributed by atoms with van der Waals surface area (Å²) in [7, 11) is 0. The zero-order valence-corrected chi connectivity index (χ0v) is 4.48. The minimum Gasteiger partial charge on any atom is -0.316 e. The Balaban J connectivity index is 2.12. The van der Waals surface area contributed by atoms with Crippen LogP contribution in [0.3, 0.4) is 0 Å². The Morgan fingerprint density at radius 3 is 2.57 bits per heavy atom. The monoisotopic (exact) mass is 100 g/mol. The molecule has 0 spiro atoms. The fraction of sp³-hybridized carbons (Fsp3) is 1.00. The van der Waals surface area contributed by atoms with Gasteiger partial charge in [-0.15, -0.1) is 0 Å². The summed E-state index contributed by atoms with van der Waals surface area (Å²) in [4.78, 5) is 0. The van der Waals surface area contributed by atoms with Gasteiger partial charge in [-0.3, -0.25) is 0 Å². The number of hydrogen-bond donors (Lipinski definition) is 2. The first-order valence-electron chi connectivity index (χ1n) is 2.88. The summed E-state index contributed by atoms with van der Waals surface area (Å²) in [5.74, 6) is 0. The van der Waals surface area contributed by atoms with Crippen molar-refractivity contribution < 1.29 is 0 Å². The maximum atomic E-state index is 5.52. The Bertz CT molecular complexity index is 48.0. The lowest BCUT2D eigenvalue weighted by atomic mass is 10.1. The van der Waals surface area contributed by atoms with Gasteiger partial charge >= 0.3 is 0 Å². The number of hydrogen-bond acceptors (Lipinski definition) is 2. The third-order valence-electron chi connectivity index (χ3n) is 1.35. The van der Waals surface area contributed by atoms with Crippen LogP contribution < -0.4 is 11.1 Å². The van der Waals surface area contributed by atoms with Crippen molar-refractivity contribution in [3.8, 4) is 0 Å². The third-order valence-corrected chi connectivity index (χ3v) is 1.35. The van der Waals surface area contributed by atoms with Gasteiger partial charge in [0.05, 0.1) is 6.17 Å². The molecule has 7 heavy (non-hydrogen) atoms. The molecule has 2 heteroatoms. The van der Waals surface area contributed by atoms with Gasteiger partial charge in [-0.25, -0.2) is 0 Å². The molecule has 0 bridgehead atoms. The molecule has 3 N–H and O–H groups in total. The number of piperidine rings is 1. The van der Waals surface area contributed by atoms with Crippen LogP contribution in [0.2, 0.25) is 0 Å². The van der Waals surface area contributed by atoms with Crippen LogP contribution in [0.4, 0.5) is 0 Å². The summed E-state index contributed by atoms with van der Waals surface area (Å²) in [5, 5.41) is 3.16. The molecule has 1 aliphatic rings. The molecule has 42 valence electrons. The molecule has 0 aliphatic carbocycles. The SMILES string of the molecule is N[C@H]1CCCCN1. The fourth-order valence-corrected chi connectivity index (χ4v) is 0.879. The van der Waals surface area contributed by atoms with Crippen LogP contribution in [0.1, 0.15) is 19.3 Å². The van der Waals surface area contributed by atoms with Gasteiger partial charge in [0.2, 0.25) is 0 Å². The molecule has 0 amide bonds. The smallest absolute Gasteiger partial charge is 0.0546 e. The normalized spacial score (nSPS) is 33.0. The average Bonchev–Trinajstić information content (AvgIpc) is 1.69. The predicted octanol–water partition coefficient (Wildman–Crippen LogP) is 0.0447. The van der Waals surface area contributed by atoms with E-state index in [0.29, 0.717) is 0 Å². The van der Waals surface area contributed by atoms with Crippen molar-refractivity contribution in [1.29, 1.82) is 0 Å². The van der Waals surface area contributed by atoms with Gasteiger partial charge < -0.3 is 11.1 Å². The van der Waals surface area contributed by atoms with E-state index in [1.54, 1.807) is 0 Å². The highest BCUT2D eigenvalue weighted by atomic mass is 15.0. The topological polar surface area (TPSA) is 38.0 Å². The largest absolute Gasteiger partial charge is 0.316 e. The maximum Gasteiger partial charge on any atom is 0.0546 e. The van der Waals surface area contributed by atoms with Gasteiger partial charge in [-0.2, -0.15) is 0 Å². The molecule has 1 heterocycles. The lowest BCUT2D eigenvalue weighted by Crippen LogP contribution is -2.40. The summed E-state index contributed by atoms with van der Waals surface area (Å²) < 4.78 is 0. The Morgan fingerprint density at radius 1 is 1.43 bits per heavy atom. The van der Waals surface area contributed by atoms with Crippen LogP contribution in [0.25, 0.3) is 0 Å². The fourth-order valence-electron chi connectivity index (χ4n) is 0.879. The van der Waals surface area contributed by atoms with E-state index in [1.165, 1.54) is 12.8 Å². The number of nitrogens with two attached hydrogens (primary N) is 1. The Hall–Kier alpha value is -0.0800. The van der Waals surface area contributed by atoms with Crippen molar-refractivity contribution in [2.24, 2.45) is 5.73 Å². The van der Waals surface area contributed by atoms with Crippen LogP contribution in [-0.2, 0) is 0 Å². The first-order valence-corrected chi connectivity index (χ1v) is 2.88. The molecule has 0 aromatic heterocycles. The van der Waals surface area contributed by atoms with E-state index in [-0.39, 0.29) is 6.17 Å². The van der Waals surface area contributed by atoms with Gasteiger partial charge in [-0.1, -0.05) is 0 Å². The molecule has 0 aromatic carbocycles. The van der Waals surface area contributed by atoms with Gasteiger partial charge in [-0.05, 0) is 25.8 Å². The van der Waals surface area contributed by atoms with Crippen LogP contribution in [0.5, 0.6) is 0 Å². The highest BCUT2D eigenvalue weighted by molar-refractivity contribution is 4.64. The predicted molar refractivity (Wildman–Crippen MR) is 29.8 cm³/mol. The minimum absolute atomic E-state index is 0.286. The molecule has 0 aromatic rings.